The summed E-state index contributed by atoms with van der Waals surface area (Å²) in [5.74, 6) is 1.40. The van der Waals surface area contributed by atoms with Crippen LogP contribution >= 0.6 is 0 Å². The number of rotatable bonds is 5. The topological polar surface area (TPSA) is 88.2 Å². The Balaban J connectivity index is 2.10. The third kappa shape index (κ3) is 3.14. The van der Waals surface area contributed by atoms with E-state index < -0.39 is 5.97 Å². The molecule has 0 saturated heterocycles. The van der Waals surface area contributed by atoms with Crippen LogP contribution in [0.4, 0.5) is 5.82 Å². The highest BCUT2D eigenvalue weighted by Gasteiger charge is 2.13. The number of nitrogens with one attached hydrogen (secondary N) is 1. The molecule has 0 aromatic carbocycles. The average Bonchev–Trinajstić information content (AvgIpc) is 2.77. The van der Waals surface area contributed by atoms with Crippen LogP contribution in [0.15, 0.2) is 16.5 Å². The minimum atomic E-state index is -0.983. The highest BCUT2D eigenvalue weighted by atomic mass is 16.4. The first kappa shape index (κ1) is 14.0. The van der Waals surface area contributed by atoms with Crippen molar-refractivity contribution in [3.8, 4) is 0 Å². The van der Waals surface area contributed by atoms with Crippen molar-refractivity contribution in [2.45, 2.75) is 33.7 Å². The van der Waals surface area contributed by atoms with Crippen molar-refractivity contribution in [3.05, 3.63) is 40.7 Å². The lowest BCUT2D eigenvalue weighted by Crippen LogP contribution is -2.04. The summed E-state index contributed by atoms with van der Waals surface area (Å²) in [7, 11) is 0. The number of hydrogen-bond acceptors (Lipinski definition) is 5. The molecule has 0 unspecified atom stereocenters. The van der Waals surface area contributed by atoms with Gasteiger partial charge in [-0.2, -0.15) is 0 Å². The van der Waals surface area contributed by atoms with E-state index in [0.29, 0.717) is 29.7 Å². The molecule has 0 amide bonds. The zero-order valence-corrected chi connectivity index (χ0v) is 11.7. The monoisotopic (exact) mass is 275 g/mol. The van der Waals surface area contributed by atoms with Crippen molar-refractivity contribution in [2.24, 2.45) is 0 Å². The van der Waals surface area contributed by atoms with Gasteiger partial charge in [0.2, 0.25) is 0 Å². The first-order chi connectivity index (χ1) is 9.49. The highest BCUT2D eigenvalue weighted by Crippen LogP contribution is 2.16. The second-order valence-electron chi connectivity index (χ2n) is 4.49. The van der Waals surface area contributed by atoms with Gasteiger partial charge in [-0.3, -0.25) is 0 Å². The van der Waals surface area contributed by atoms with Gasteiger partial charge in [0.05, 0.1) is 6.54 Å². The van der Waals surface area contributed by atoms with Crippen LogP contribution in [0.3, 0.4) is 0 Å². The lowest BCUT2D eigenvalue weighted by molar-refractivity contribution is 0.0695. The van der Waals surface area contributed by atoms with Gasteiger partial charge in [0, 0.05) is 11.8 Å². The Bertz CT molecular complexity index is 635. The van der Waals surface area contributed by atoms with E-state index in [-0.39, 0.29) is 5.56 Å². The summed E-state index contributed by atoms with van der Waals surface area (Å²) in [5, 5.41) is 12.1. The molecular weight excluding hydrogens is 258 g/mol. The molecule has 0 atom stereocenters. The average molecular weight is 275 g/mol. The smallest absolute Gasteiger partial charge is 0.339 e. The number of hydrogen-bond donors (Lipinski definition) is 2. The number of carboxylic acids is 1. The molecule has 0 aliphatic heterocycles. The molecule has 6 heteroatoms. The van der Waals surface area contributed by atoms with Crippen LogP contribution < -0.4 is 5.32 Å². The molecular formula is C14H17N3O3. The first-order valence-electron chi connectivity index (χ1n) is 6.40. The summed E-state index contributed by atoms with van der Waals surface area (Å²) in [5.41, 5.74) is 1.15. The molecule has 0 bridgehead atoms. The fourth-order valence-electron chi connectivity index (χ4n) is 1.92. The number of aromatic carboxylic acids is 1. The van der Waals surface area contributed by atoms with Crippen LogP contribution in [0, 0.1) is 13.8 Å². The lowest BCUT2D eigenvalue weighted by Gasteiger charge is -2.06. The Kier molecular flexibility index (Phi) is 4.02. The normalized spacial score (nSPS) is 10.6. The molecule has 2 heterocycles. The summed E-state index contributed by atoms with van der Waals surface area (Å²) in [6, 6.07) is 3.40. The standard InChI is InChI=1S/C14H17N3O3/c1-4-10-5-13(17-9(3)16-10)15-7-11-6-12(14(18)19)8(2)20-11/h5-6H,4,7H2,1-3H3,(H,18,19)(H,15,16,17). The summed E-state index contributed by atoms with van der Waals surface area (Å²) in [6.07, 6.45) is 0.834. The number of nitrogens with zero attached hydrogens (tertiary/aromatic N) is 2. The Morgan fingerprint density at radius 3 is 2.70 bits per heavy atom. The van der Waals surface area contributed by atoms with Crippen molar-refractivity contribution >= 4 is 11.8 Å². The quantitative estimate of drug-likeness (QED) is 0.871. The van der Waals surface area contributed by atoms with Crippen LogP contribution in [0.2, 0.25) is 0 Å². The lowest BCUT2D eigenvalue weighted by atomic mass is 10.2. The largest absolute Gasteiger partial charge is 0.478 e. The molecule has 0 aliphatic carbocycles. The fraction of sp³-hybridized carbons (Fsp3) is 0.357. The van der Waals surface area contributed by atoms with Crippen molar-refractivity contribution in [2.75, 3.05) is 5.32 Å². The molecule has 0 saturated carbocycles. The maximum absolute atomic E-state index is 10.9. The van der Waals surface area contributed by atoms with E-state index in [4.69, 9.17) is 9.52 Å². The Labute approximate surface area is 116 Å². The molecule has 6 nitrogen and oxygen atoms in total. The van der Waals surface area contributed by atoms with Gasteiger partial charge in [0.25, 0.3) is 0 Å². The van der Waals surface area contributed by atoms with Gasteiger partial charge in [0.15, 0.2) is 0 Å². The molecule has 2 rings (SSSR count). The number of furan rings is 1. The molecule has 0 aliphatic rings. The predicted molar refractivity (Wildman–Crippen MR) is 73.9 cm³/mol. The van der Waals surface area contributed by atoms with Crippen LogP contribution in [0.1, 0.15) is 40.3 Å². The molecule has 20 heavy (non-hydrogen) atoms. The first-order valence-corrected chi connectivity index (χ1v) is 6.40. The third-order valence-corrected chi connectivity index (χ3v) is 2.90. The maximum atomic E-state index is 10.9. The van der Waals surface area contributed by atoms with Gasteiger partial charge in [-0.25, -0.2) is 14.8 Å². The molecule has 0 fully saturated rings. The van der Waals surface area contributed by atoms with Gasteiger partial charge in [-0.15, -0.1) is 0 Å². The molecule has 0 spiro atoms. The van der Waals surface area contributed by atoms with Crippen LogP contribution in [-0.4, -0.2) is 21.0 Å². The van der Waals surface area contributed by atoms with E-state index >= 15 is 0 Å². The van der Waals surface area contributed by atoms with E-state index in [0.717, 1.165) is 12.1 Å². The van der Waals surface area contributed by atoms with E-state index in [1.165, 1.54) is 6.07 Å². The third-order valence-electron chi connectivity index (χ3n) is 2.90. The second-order valence-corrected chi connectivity index (χ2v) is 4.49. The van der Waals surface area contributed by atoms with E-state index in [9.17, 15) is 4.79 Å². The highest BCUT2D eigenvalue weighted by molar-refractivity contribution is 5.88. The fourth-order valence-corrected chi connectivity index (χ4v) is 1.92. The van der Waals surface area contributed by atoms with Gasteiger partial charge in [-0.05, 0) is 26.3 Å². The van der Waals surface area contributed by atoms with E-state index in [1.807, 2.05) is 19.9 Å². The molecule has 2 aromatic rings. The van der Waals surface area contributed by atoms with Gasteiger partial charge in [0.1, 0.15) is 28.7 Å². The molecule has 2 N–H and O–H groups in total. The summed E-state index contributed by atoms with van der Waals surface area (Å²) < 4.78 is 5.40. The van der Waals surface area contributed by atoms with Crippen molar-refractivity contribution in [1.82, 2.24) is 9.97 Å². The minimum absolute atomic E-state index is 0.190. The predicted octanol–water partition coefficient (Wildman–Crippen LogP) is 2.56. The number of aromatic nitrogens is 2. The second kappa shape index (κ2) is 5.73. The summed E-state index contributed by atoms with van der Waals surface area (Å²) in [4.78, 5) is 19.5. The zero-order chi connectivity index (χ0) is 14.7. The minimum Gasteiger partial charge on any atom is -0.478 e. The van der Waals surface area contributed by atoms with Gasteiger partial charge >= 0.3 is 5.97 Å². The number of aryl methyl sites for hydroxylation is 3. The van der Waals surface area contributed by atoms with E-state index in [1.54, 1.807) is 6.92 Å². The summed E-state index contributed by atoms with van der Waals surface area (Å²) >= 11 is 0. The number of carboxylic acid groups (broad SMARTS) is 1. The number of anilines is 1. The van der Waals surface area contributed by atoms with Crippen molar-refractivity contribution in [1.29, 1.82) is 0 Å². The van der Waals surface area contributed by atoms with Crippen molar-refractivity contribution in [3.63, 3.8) is 0 Å². The van der Waals surface area contributed by atoms with Gasteiger partial charge in [-0.1, -0.05) is 6.92 Å². The number of carbonyl (C=O) groups is 1. The van der Waals surface area contributed by atoms with E-state index in [2.05, 4.69) is 15.3 Å². The Morgan fingerprint density at radius 1 is 1.35 bits per heavy atom. The summed E-state index contributed by atoms with van der Waals surface area (Å²) in [6.45, 7) is 5.88. The molecule has 2 aromatic heterocycles. The molecule has 106 valence electrons. The Hall–Kier alpha value is -2.37. The Morgan fingerprint density at radius 2 is 2.10 bits per heavy atom. The van der Waals surface area contributed by atoms with Crippen LogP contribution in [-0.2, 0) is 13.0 Å². The van der Waals surface area contributed by atoms with Gasteiger partial charge < -0.3 is 14.8 Å². The SMILES string of the molecule is CCc1cc(NCc2cc(C(=O)O)c(C)o2)nc(C)n1. The van der Waals surface area contributed by atoms with Crippen LogP contribution in [0.25, 0.3) is 0 Å². The van der Waals surface area contributed by atoms with Crippen LogP contribution in [0.5, 0.6) is 0 Å². The maximum Gasteiger partial charge on any atom is 0.339 e. The molecule has 0 radical (unpaired) electrons. The van der Waals surface area contributed by atoms with Crippen molar-refractivity contribution < 1.29 is 14.3 Å². The zero-order valence-electron chi connectivity index (χ0n) is 11.7.